The van der Waals surface area contributed by atoms with Gasteiger partial charge >= 0.3 is 6.18 Å². The Balaban J connectivity index is 1.90. The van der Waals surface area contributed by atoms with E-state index in [4.69, 9.17) is 0 Å². The van der Waals surface area contributed by atoms with Crippen molar-refractivity contribution in [1.82, 2.24) is 9.97 Å². The van der Waals surface area contributed by atoms with Gasteiger partial charge in [-0.3, -0.25) is 9.78 Å². The van der Waals surface area contributed by atoms with Gasteiger partial charge in [0.1, 0.15) is 5.69 Å². The summed E-state index contributed by atoms with van der Waals surface area (Å²) < 4.78 is 38.2. The zero-order chi connectivity index (χ0) is 17.2. The van der Waals surface area contributed by atoms with Crippen molar-refractivity contribution in [2.24, 2.45) is 0 Å². The summed E-state index contributed by atoms with van der Waals surface area (Å²) in [4.78, 5) is 19.5. The summed E-state index contributed by atoms with van der Waals surface area (Å²) >= 11 is 0. The second-order valence-electron chi connectivity index (χ2n) is 5.08. The van der Waals surface area contributed by atoms with E-state index in [1.165, 1.54) is 30.6 Å². The first-order valence-corrected chi connectivity index (χ1v) is 7.04. The van der Waals surface area contributed by atoms with Gasteiger partial charge in [0.05, 0.1) is 5.52 Å². The number of benzene rings is 1. The molecule has 24 heavy (non-hydrogen) atoms. The first-order chi connectivity index (χ1) is 11.4. The smallest absolute Gasteiger partial charge is 0.289 e. The zero-order valence-electron chi connectivity index (χ0n) is 12.3. The summed E-state index contributed by atoms with van der Waals surface area (Å²) in [6.07, 6.45) is 1.45. The van der Waals surface area contributed by atoms with Gasteiger partial charge < -0.3 is 0 Å². The largest absolute Gasteiger partial charge is 0.433 e. The van der Waals surface area contributed by atoms with Gasteiger partial charge in [-0.1, -0.05) is 24.3 Å². The number of ketones is 1. The van der Waals surface area contributed by atoms with Crippen LogP contribution in [-0.4, -0.2) is 15.8 Å². The molecule has 2 aromatic heterocycles. The van der Waals surface area contributed by atoms with Crippen molar-refractivity contribution in [2.75, 3.05) is 0 Å². The number of aromatic nitrogens is 2. The number of nitrogens with zero attached hydrogens (tertiary/aromatic N) is 2. The number of fused-ring (bicyclic) bond motifs is 1. The van der Waals surface area contributed by atoms with Crippen molar-refractivity contribution in [1.29, 1.82) is 0 Å². The van der Waals surface area contributed by atoms with Crippen LogP contribution in [0.1, 0.15) is 21.6 Å². The van der Waals surface area contributed by atoms with Crippen LogP contribution in [0.2, 0.25) is 0 Å². The van der Waals surface area contributed by atoms with E-state index in [1.54, 1.807) is 30.3 Å². The first-order valence-electron chi connectivity index (χ1n) is 7.04. The number of rotatable bonds is 3. The van der Waals surface area contributed by atoms with E-state index >= 15 is 0 Å². The lowest BCUT2D eigenvalue weighted by molar-refractivity contribution is -0.140. The maximum atomic E-state index is 12.7. The SMILES string of the molecule is O=C(/C=C/c1ccc2ccc(C(F)(F)F)nc2c1)c1ccncc1. The van der Waals surface area contributed by atoms with Crippen molar-refractivity contribution in [3.63, 3.8) is 0 Å². The first kappa shape index (κ1) is 15.9. The standard InChI is InChI=1S/C18H11F3N2O/c19-18(20,21)17-6-4-13-3-1-12(11-15(13)23-17)2-5-16(24)14-7-9-22-10-8-14/h1-11H/b5-2+. The molecule has 3 nitrogen and oxygen atoms in total. The number of carbonyl (C=O) groups excluding carboxylic acids is 1. The summed E-state index contributed by atoms with van der Waals surface area (Å²) in [6, 6.07) is 10.4. The maximum absolute atomic E-state index is 12.7. The minimum absolute atomic E-state index is 0.213. The van der Waals surface area contributed by atoms with Crippen LogP contribution in [0.25, 0.3) is 17.0 Å². The van der Waals surface area contributed by atoms with Gasteiger partial charge in [0.2, 0.25) is 0 Å². The Kier molecular flexibility index (Phi) is 4.12. The van der Waals surface area contributed by atoms with Crippen LogP contribution in [0.5, 0.6) is 0 Å². The molecule has 6 heteroatoms. The highest BCUT2D eigenvalue weighted by molar-refractivity contribution is 6.06. The fourth-order valence-corrected chi connectivity index (χ4v) is 2.18. The number of hydrogen-bond donors (Lipinski definition) is 0. The van der Waals surface area contributed by atoms with Crippen LogP contribution < -0.4 is 0 Å². The van der Waals surface area contributed by atoms with Gasteiger partial charge in [-0.2, -0.15) is 13.2 Å². The molecule has 0 aliphatic heterocycles. The van der Waals surface area contributed by atoms with Crippen LogP contribution in [0.4, 0.5) is 13.2 Å². The molecule has 0 spiro atoms. The molecule has 1 aromatic carbocycles. The molecule has 3 rings (SSSR count). The van der Waals surface area contributed by atoms with Gasteiger partial charge in [0.25, 0.3) is 0 Å². The van der Waals surface area contributed by atoms with E-state index in [1.807, 2.05) is 0 Å². The predicted molar refractivity (Wildman–Crippen MR) is 84.3 cm³/mol. The van der Waals surface area contributed by atoms with Gasteiger partial charge in [0, 0.05) is 23.3 Å². The molecule has 0 aliphatic rings. The van der Waals surface area contributed by atoms with Gasteiger partial charge in [-0.05, 0) is 35.9 Å². The molecular weight excluding hydrogens is 317 g/mol. The topological polar surface area (TPSA) is 42.9 Å². The number of allylic oxidation sites excluding steroid dienone is 1. The minimum atomic E-state index is -4.49. The Morgan fingerprint density at radius 2 is 1.71 bits per heavy atom. The summed E-state index contributed by atoms with van der Waals surface area (Å²) in [5.41, 5.74) is 0.364. The monoisotopic (exact) mass is 328 g/mol. The molecular formula is C18H11F3N2O. The third-order valence-electron chi connectivity index (χ3n) is 3.40. The third-order valence-corrected chi connectivity index (χ3v) is 3.40. The van der Waals surface area contributed by atoms with Crippen molar-refractivity contribution in [2.45, 2.75) is 6.18 Å². The molecule has 0 saturated heterocycles. The molecule has 0 N–H and O–H groups in total. The fraction of sp³-hybridized carbons (Fsp3) is 0.0556. The van der Waals surface area contributed by atoms with Crippen LogP contribution in [0.15, 0.2) is 60.9 Å². The minimum Gasteiger partial charge on any atom is -0.289 e. The zero-order valence-corrected chi connectivity index (χ0v) is 12.3. The van der Waals surface area contributed by atoms with Gasteiger partial charge in [-0.25, -0.2) is 4.98 Å². The van der Waals surface area contributed by atoms with E-state index in [0.717, 1.165) is 6.07 Å². The molecule has 3 aromatic rings. The summed E-state index contributed by atoms with van der Waals surface area (Å²) in [7, 11) is 0. The van der Waals surface area contributed by atoms with Gasteiger partial charge in [-0.15, -0.1) is 0 Å². The van der Waals surface area contributed by atoms with Gasteiger partial charge in [0.15, 0.2) is 5.78 Å². The highest BCUT2D eigenvalue weighted by atomic mass is 19.4. The molecule has 0 saturated carbocycles. The Morgan fingerprint density at radius 1 is 1.00 bits per heavy atom. The second kappa shape index (κ2) is 6.23. The molecule has 120 valence electrons. The van der Waals surface area contributed by atoms with Crippen molar-refractivity contribution >= 4 is 22.8 Å². The molecule has 0 atom stereocenters. The van der Waals surface area contributed by atoms with E-state index in [2.05, 4.69) is 9.97 Å². The average Bonchev–Trinajstić information content (AvgIpc) is 2.59. The summed E-state index contributed by atoms with van der Waals surface area (Å²) in [5, 5.41) is 0.598. The van der Waals surface area contributed by atoms with Crippen LogP contribution in [0.3, 0.4) is 0 Å². The van der Waals surface area contributed by atoms with Crippen molar-refractivity contribution < 1.29 is 18.0 Å². The lowest BCUT2D eigenvalue weighted by atomic mass is 10.1. The average molecular weight is 328 g/mol. The Labute approximate surface area is 135 Å². The number of pyridine rings is 2. The Hall–Kier alpha value is -3.02. The number of alkyl halides is 3. The molecule has 0 bridgehead atoms. The fourth-order valence-electron chi connectivity index (χ4n) is 2.18. The lowest BCUT2D eigenvalue weighted by Gasteiger charge is -2.07. The predicted octanol–water partition coefficient (Wildman–Crippen LogP) is 4.54. The molecule has 0 unspecified atom stereocenters. The molecule has 0 radical (unpaired) electrons. The van der Waals surface area contributed by atoms with Crippen molar-refractivity contribution in [3.05, 3.63) is 77.8 Å². The summed E-state index contributed by atoms with van der Waals surface area (Å²) in [6.45, 7) is 0. The molecule has 0 amide bonds. The van der Waals surface area contributed by atoms with E-state index < -0.39 is 11.9 Å². The normalized spacial score (nSPS) is 12.0. The highest BCUT2D eigenvalue weighted by Crippen LogP contribution is 2.29. The van der Waals surface area contributed by atoms with Crippen LogP contribution >= 0.6 is 0 Å². The van der Waals surface area contributed by atoms with Crippen LogP contribution in [0, 0.1) is 0 Å². The number of hydrogen-bond acceptors (Lipinski definition) is 3. The van der Waals surface area contributed by atoms with Crippen molar-refractivity contribution in [3.8, 4) is 0 Å². The molecule has 0 fully saturated rings. The second-order valence-corrected chi connectivity index (χ2v) is 5.08. The quantitative estimate of drug-likeness (QED) is 0.523. The third kappa shape index (κ3) is 3.48. The highest BCUT2D eigenvalue weighted by Gasteiger charge is 2.32. The summed E-state index contributed by atoms with van der Waals surface area (Å²) in [5.74, 6) is -0.213. The Bertz CT molecular complexity index is 918. The van der Waals surface area contributed by atoms with E-state index in [9.17, 15) is 18.0 Å². The lowest BCUT2D eigenvalue weighted by Crippen LogP contribution is -2.07. The number of halogens is 3. The number of carbonyl (C=O) groups is 1. The Morgan fingerprint density at radius 3 is 2.42 bits per heavy atom. The molecule has 0 aliphatic carbocycles. The van der Waals surface area contributed by atoms with E-state index in [-0.39, 0.29) is 11.3 Å². The van der Waals surface area contributed by atoms with Crippen LogP contribution in [-0.2, 0) is 6.18 Å². The maximum Gasteiger partial charge on any atom is 0.433 e. The molecule has 2 heterocycles. The van der Waals surface area contributed by atoms with E-state index in [0.29, 0.717) is 16.5 Å².